The molecule has 1 aromatic carbocycles. The summed E-state index contributed by atoms with van der Waals surface area (Å²) in [7, 11) is 1.73. The second-order valence-corrected chi connectivity index (χ2v) is 6.41. The predicted molar refractivity (Wildman–Crippen MR) is 93.3 cm³/mol. The van der Waals surface area contributed by atoms with Crippen molar-refractivity contribution in [3.63, 3.8) is 0 Å². The van der Waals surface area contributed by atoms with Gasteiger partial charge in [0.25, 0.3) is 5.91 Å². The van der Waals surface area contributed by atoms with Crippen molar-refractivity contribution in [1.29, 1.82) is 0 Å². The van der Waals surface area contributed by atoms with E-state index in [0.29, 0.717) is 23.4 Å². The maximum absolute atomic E-state index is 13.2. The third kappa shape index (κ3) is 3.84. The summed E-state index contributed by atoms with van der Waals surface area (Å²) in [5.74, 6) is -0.580. The molecule has 2 amide bonds. The van der Waals surface area contributed by atoms with Gasteiger partial charge in [-0.15, -0.1) is 0 Å². The molecule has 26 heavy (non-hydrogen) atoms. The summed E-state index contributed by atoms with van der Waals surface area (Å²) in [5.41, 5.74) is 1.63. The zero-order chi connectivity index (χ0) is 18.7. The van der Waals surface area contributed by atoms with Crippen LogP contribution in [0.4, 0.5) is 9.18 Å². The van der Waals surface area contributed by atoms with Crippen molar-refractivity contribution in [2.45, 2.75) is 25.3 Å². The van der Waals surface area contributed by atoms with Crippen LogP contribution in [-0.4, -0.2) is 50.9 Å². The van der Waals surface area contributed by atoms with E-state index in [2.05, 4.69) is 10.4 Å². The Labute approximate surface area is 150 Å². The van der Waals surface area contributed by atoms with Crippen LogP contribution in [0.25, 0.3) is 11.1 Å². The number of carbonyl (C=O) groups is 2. The molecule has 0 bridgehead atoms. The van der Waals surface area contributed by atoms with Crippen LogP contribution < -0.4 is 5.32 Å². The summed E-state index contributed by atoms with van der Waals surface area (Å²) in [6.07, 6.45) is 3.18. The number of halogens is 1. The van der Waals surface area contributed by atoms with E-state index >= 15 is 0 Å². The van der Waals surface area contributed by atoms with E-state index in [1.165, 1.54) is 12.1 Å². The number of aromatic nitrogens is 2. The monoisotopic (exact) mass is 360 g/mol. The van der Waals surface area contributed by atoms with Gasteiger partial charge in [-0.3, -0.25) is 9.48 Å². The Bertz CT molecular complexity index is 803. The van der Waals surface area contributed by atoms with Crippen molar-refractivity contribution in [1.82, 2.24) is 20.0 Å². The number of hydrogen-bond acceptors (Lipinski definition) is 3. The number of piperidine rings is 1. The molecule has 0 unspecified atom stereocenters. The molecule has 0 aliphatic carbocycles. The lowest BCUT2D eigenvalue weighted by molar-refractivity contribution is 0.0604. The van der Waals surface area contributed by atoms with E-state index in [1.54, 1.807) is 35.0 Å². The Morgan fingerprint density at radius 3 is 2.73 bits per heavy atom. The van der Waals surface area contributed by atoms with Crippen molar-refractivity contribution in [3.05, 3.63) is 42.0 Å². The molecule has 2 aromatic rings. The van der Waals surface area contributed by atoms with Crippen molar-refractivity contribution in [2.24, 2.45) is 7.05 Å². The molecule has 2 N–H and O–H groups in total. The first-order valence-corrected chi connectivity index (χ1v) is 8.53. The minimum absolute atomic E-state index is 0.194. The van der Waals surface area contributed by atoms with E-state index in [-0.39, 0.29) is 24.3 Å². The van der Waals surface area contributed by atoms with Crippen LogP contribution in [0, 0.1) is 5.82 Å². The lowest BCUT2D eigenvalue weighted by atomic mass is 10.00. The van der Waals surface area contributed by atoms with E-state index in [1.807, 2.05) is 0 Å². The fourth-order valence-electron chi connectivity index (χ4n) is 3.31. The van der Waals surface area contributed by atoms with Crippen LogP contribution in [0.3, 0.4) is 0 Å². The van der Waals surface area contributed by atoms with Crippen LogP contribution in [0.5, 0.6) is 0 Å². The largest absolute Gasteiger partial charge is 0.465 e. The maximum Gasteiger partial charge on any atom is 0.404 e. The minimum atomic E-state index is -1.10. The predicted octanol–water partition coefficient (Wildman–Crippen LogP) is 2.49. The van der Waals surface area contributed by atoms with Crippen molar-refractivity contribution in [2.75, 3.05) is 13.1 Å². The Kier molecular flexibility index (Phi) is 5.20. The molecule has 2 heterocycles. The second-order valence-electron chi connectivity index (χ2n) is 6.41. The first-order chi connectivity index (χ1) is 12.5. The second kappa shape index (κ2) is 7.55. The van der Waals surface area contributed by atoms with Crippen molar-refractivity contribution in [3.8, 4) is 11.1 Å². The Balaban J connectivity index is 1.88. The van der Waals surface area contributed by atoms with Gasteiger partial charge in [0.2, 0.25) is 0 Å². The van der Waals surface area contributed by atoms with Crippen molar-refractivity contribution < 1.29 is 19.1 Å². The highest BCUT2D eigenvalue weighted by Crippen LogP contribution is 2.26. The zero-order valence-electron chi connectivity index (χ0n) is 14.5. The summed E-state index contributed by atoms with van der Waals surface area (Å²) < 4.78 is 14.8. The fourth-order valence-corrected chi connectivity index (χ4v) is 3.31. The molecule has 1 aliphatic rings. The number of hydrogen-bond donors (Lipinski definition) is 2. The number of likely N-dealkylation sites (tertiary alicyclic amines) is 1. The summed E-state index contributed by atoms with van der Waals surface area (Å²) in [4.78, 5) is 25.6. The van der Waals surface area contributed by atoms with Gasteiger partial charge >= 0.3 is 6.09 Å². The number of carbonyl (C=O) groups excluding carboxylic acids is 1. The van der Waals surface area contributed by atoms with Gasteiger partial charge in [0.1, 0.15) is 5.82 Å². The first kappa shape index (κ1) is 17.9. The molecule has 1 atom stereocenters. The molecule has 0 radical (unpaired) electrons. The highest BCUT2D eigenvalue weighted by Gasteiger charge is 2.31. The zero-order valence-corrected chi connectivity index (χ0v) is 14.5. The Morgan fingerprint density at radius 2 is 2.04 bits per heavy atom. The summed E-state index contributed by atoms with van der Waals surface area (Å²) in [5, 5.41) is 15.5. The van der Waals surface area contributed by atoms with Crippen LogP contribution in [0.2, 0.25) is 0 Å². The van der Waals surface area contributed by atoms with E-state index < -0.39 is 6.09 Å². The number of carboxylic acid groups (broad SMARTS) is 1. The van der Waals surface area contributed by atoms with Crippen LogP contribution in [0.15, 0.2) is 30.5 Å². The Hall–Kier alpha value is -2.90. The quantitative estimate of drug-likeness (QED) is 0.877. The van der Waals surface area contributed by atoms with Gasteiger partial charge in [-0.2, -0.15) is 5.10 Å². The molecular weight excluding hydrogens is 339 g/mol. The normalized spacial score (nSPS) is 17.2. The summed E-state index contributed by atoms with van der Waals surface area (Å²) in [6, 6.07) is 5.72. The molecule has 3 rings (SSSR count). The molecular formula is C18H21FN4O3. The lowest BCUT2D eigenvalue weighted by Crippen LogP contribution is -2.49. The number of nitrogens with zero attached hydrogens (tertiary/aromatic N) is 3. The molecule has 0 saturated carbocycles. The maximum atomic E-state index is 13.2. The molecule has 8 heteroatoms. The van der Waals surface area contributed by atoms with Gasteiger partial charge in [-0.05, 0) is 37.0 Å². The number of nitrogens with one attached hydrogen (secondary N) is 1. The summed E-state index contributed by atoms with van der Waals surface area (Å²) in [6.45, 7) is 0.754. The highest BCUT2D eigenvalue weighted by atomic mass is 19.1. The van der Waals surface area contributed by atoms with Gasteiger partial charge in [-0.25, -0.2) is 9.18 Å². The Morgan fingerprint density at radius 1 is 1.31 bits per heavy atom. The molecule has 0 spiro atoms. The first-order valence-electron chi connectivity index (χ1n) is 8.53. The van der Waals surface area contributed by atoms with Gasteiger partial charge in [-0.1, -0.05) is 12.1 Å². The molecule has 1 aliphatic heterocycles. The van der Waals surface area contributed by atoms with E-state index in [4.69, 9.17) is 5.11 Å². The van der Waals surface area contributed by atoms with Gasteiger partial charge < -0.3 is 15.3 Å². The smallest absolute Gasteiger partial charge is 0.404 e. The van der Waals surface area contributed by atoms with Crippen molar-refractivity contribution >= 4 is 12.0 Å². The van der Waals surface area contributed by atoms with Gasteiger partial charge in [0.15, 0.2) is 5.69 Å². The molecule has 1 saturated heterocycles. The number of benzene rings is 1. The van der Waals surface area contributed by atoms with E-state index in [9.17, 15) is 14.0 Å². The highest BCUT2D eigenvalue weighted by molar-refractivity contribution is 5.99. The molecule has 1 aromatic heterocycles. The third-order valence-electron chi connectivity index (χ3n) is 4.56. The topological polar surface area (TPSA) is 87.5 Å². The van der Waals surface area contributed by atoms with E-state index in [0.717, 1.165) is 19.3 Å². The molecule has 138 valence electrons. The lowest BCUT2D eigenvalue weighted by Gasteiger charge is -2.35. The number of rotatable bonds is 4. The van der Waals surface area contributed by atoms with Crippen LogP contribution >= 0.6 is 0 Å². The minimum Gasteiger partial charge on any atom is -0.465 e. The molecule has 1 fully saturated rings. The van der Waals surface area contributed by atoms with Gasteiger partial charge in [0.05, 0.1) is 0 Å². The third-order valence-corrected chi connectivity index (χ3v) is 4.56. The fraction of sp³-hybridized carbons (Fsp3) is 0.389. The SMILES string of the molecule is Cn1cc(-c2ccc(F)cc2)c(C(=O)N2CCCC[C@H]2CNC(=O)O)n1. The van der Waals surface area contributed by atoms with Gasteiger partial charge in [0, 0.05) is 37.9 Å². The standard InChI is InChI=1S/C18H21FN4O3/c1-22-11-15(12-5-7-13(19)8-6-12)16(21-22)17(24)23-9-3-2-4-14(23)10-20-18(25)26/h5-8,11,14,20H,2-4,9-10H2,1H3,(H,25,26)/t14-/m0/s1. The average molecular weight is 360 g/mol. The van der Waals surface area contributed by atoms with Crippen LogP contribution in [0.1, 0.15) is 29.8 Å². The molecule has 7 nitrogen and oxygen atoms in total. The average Bonchev–Trinajstić information content (AvgIpc) is 3.02. The van der Waals surface area contributed by atoms with Crippen LogP contribution in [-0.2, 0) is 7.05 Å². The number of aryl methyl sites for hydroxylation is 1. The summed E-state index contributed by atoms with van der Waals surface area (Å²) >= 11 is 0. The number of amides is 2.